The molecule has 1 aromatic rings. The molecule has 1 aliphatic heterocycles. The second kappa shape index (κ2) is 7.98. The van der Waals surface area contributed by atoms with E-state index in [1.807, 2.05) is 30.3 Å². The van der Waals surface area contributed by atoms with E-state index in [0.29, 0.717) is 19.6 Å². The second-order valence-corrected chi connectivity index (χ2v) is 7.29. The molecule has 25 heavy (non-hydrogen) atoms. The van der Waals surface area contributed by atoms with Gasteiger partial charge in [0.1, 0.15) is 0 Å². The summed E-state index contributed by atoms with van der Waals surface area (Å²) < 4.78 is 15.0. The van der Waals surface area contributed by atoms with Crippen LogP contribution in [0.1, 0.15) is 50.5 Å². The highest BCUT2D eigenvalue weighted by Gasteiger charge is 2.43. The minimum atomic E-state index is -1.86. The Balaban J connectivity index is 1.49. The van der Waals surface area contributed by atoms with Gasteiger partial charge in [0.2, 0.25) is 5.91 Å². The van der Waals surface area contributed by atoms with E-state index in [9.17, 15) is 14.0 Å². The van der Waals surface area contributed by atoms with Crippen LogP contribution in [0.25, 0.3) is 0 Å². The van der Waals surface area contributed by atoms with Crippen molar-refractivity contribution in [1.29, 1.82) is 0 Å². The van der Waals surface area contributed by atoms with Crippen LogP contribution in [0.15, 0.2) is 30.3 Å². The Morgan fingerprint density at radius 1 is 1.08 bits per heavy atom. The Morgan fingerprint density at radius 2 is 1.72 bits per heavy atom. The predicted octanol–water partition coefficient (Wildman–Crippen LogP) is 3.21. The summed E-state index contributed by atoms with van der Waals surface area (Å²) in [6.45, 7) is 1.01. The second-order valence-electron chi connectivity index (χ2n) is 7.29. The summed E-state index contributed by atoms with van der Waals surface area (Å²) in [7, 11) is 0. The molecule has 1 aliphatic carbocycles. The number of benzene rings is 1. The first-order valence-electron chi connectivity index (χ1n) is 9.38. The van der Waals surface area contributed by atoms with Crippen molar-refractivity contribution in [3.8, 4) is 0 Å². The molecule has 1 saturated carbocycles. The zero-order valence-electron chi connectivity index (χ0n) is 14.7. The van der Waals surface area contributed by atoms with Crippen LogP contribution in [-0.2, 0) is 16.1 Å². The molecule has 1 saturated heterocycles. The van der Waals surface area contributed by atoms with Crippen molar-refractivity contribution >= 4 is 11.8 Å². The molecule has 0 unspecified atom stereocenters. The lowest BCUT2D eigenvalue weighted by molar-refractivity contribution is -0.145. The highest BCUT2D eigenvalue weighted by atomic mass is 19.1. The maximum atomic E-state index is 15.0. The van der Waals surface area contributed by atoms with E-state index in [1.54, 1.807) is 4.90 Å². The number of piperidine rings is 1. The molecule has 3 rings (SSSR count). The van der Waals surface area contributed by atoms with Crippen molar-refractivity contribution in [1.82, 2.24) is 10.2 Å². The molecule has 4 nitrogen and oxygen atoms in total. The number of alkyl halides is 1. The third-order valence-corrected chi connectivity index (χ3v) is 5.52. The maximum Gasteiger partial charge on any atom is 0.258 e. The third kappa shape index (κ3) is 4.39. The molecule has 5 heteroatoms. The first-order valence-corrected chi connectivity index (χ1v) is 9.38. The topological polar surface area (TPSA) is 49.4 Å². The van der Waals surface area contributed by atoms with Crippen LogP contribution in [0.2, 0.25) is 0 Å². The summed E-state index contributed by atoms with van der Waals surface area (Å²) in [5.41, 5.74) is -0.914. The van der Waals surface area contributed by atoms with Gasteiger partial charge in [-0.2, -0.15) is 0 Å². The van der Waals surface area contributed by atoms with Crippen LogP contribution in [0.3, 0.4) is 0 Å². The van der Waals surface area contributed by atoms with Crippen molar-refractivity contribution in [2.24, 2.45) is 5.92 Å². The zero-order valence-corrected chi connectivity index (χ0v) is 14.7. The largest absolute Gasteiger partial charge is 0.349 e. The molecule has 0 bridgehead atoms. The number of nitrogens with zero attached hydrogens (tertiary/aromatic N) is 1. The first kappa shape index (κ1) is 17.9. The lowest BCUT2D eigenvalue weighted by atomic mass is 9.86. The fourth-order valence-electron chi connectivity index (χ4n) is 3.85. The van der Waals surface area contributed by atoms with Crippen LogP contribution in [-0.4, -0.2) is 35.5 Å². The third-order valence-electron chi connectivity index (χ3n) is 5.52. The molecule has 2 aliphatic rings. The van der Waals surface area contributed by atoms with Gasteiger partial charge in [-0.25, -0.2) is 4.39 Å². The van der Waals surface area contributed by atoms with Crippen LogP contribution in [0, 0.1) is 5.92 Å². The average Bonchev–Trinajstić information content (AvgIpc) is 2.67. The van der Waals surface area contributed by atoms with Gasteiger partial charge in [-0.05, 0) is 18.4 Å². The number of hydrogen-bond acceptors (Lipinski definition) is 2. The minimum Gasteiger partial charge on any atom is -0.349 e. The summed E-state index contributed by atoms with van der Waals surface area (Å²) in [4.78, 5) is 26.6. The van der Waals surface area contributed by atoms with Crippen LogP contribution in [0.4, 0.5) is 4.39 Å². The fourth-order valence-corrected chi connectivity index (χ4v) is 3.85. The SMILES string of the molecule is O=C(C1CCCCC1)N1CCC(F)(C(=O)NCc2ccccc2)CC1. The van der Waals surface area contributed by atoms with E-state index < -0.39 is 11.6 Å². The summed E-state index contributed by atoms with van der Waals surface area (Å²) in [6, 6.07) is 9.48. The van der Waals surface area contributed by atoms with Gasteiger partial charge in [0.05, 0.1) is 0 Å². The average molecular weight is 346 g/mol. The molecule has 0 atom stereocenters. The summed E-state index contributed by atoms with van der Waals surface area (Å²) >= 11 is 0. The predicted molar refractivity (Wildman–Crippen MR) is 94.5 cm³/mol. The van der Waals surface area contributed by atoms with Crippen molar-refractivity contribution in [3.63, 3.8) is 0 Å². The minimum absolute atomic E-state index is 0.0894. The molecule has 0 spiro atoms. The Morgan fingerprint density at radius 3 is 2.36 bits per heavy atom. The number of rotatable bonds is 4. The van der Waals surface area contributed by atoms with Crippen LogP contribution >= 0.6 is 0 Å². The lowest BCUT2D eigenvalue weighted by Gasteiger charge is -2.37. The highest BCUT2D eigenvalue weighted by molar-refractivity contribution is 5.86. The number of hydrogen-bond donors (Lipinski definition) is 1. The van der Waals surface area contributed by atoms with Crippen molar-refractivity contribution < 1.29 is 14.0 Å². The van der Waals surface area contributed by atoms with Gasteiger partial charge in [0, 0.05) is 38.4 Å². The summed E-state index contributed by atoms with van der Waals surface area (Å²) in [5.74, 6) is -0.291. The standard InChI is InChI=1S/C20H27FN2O2/c21-20(19(25)22-15-16-7-3-1-4-8-16)11-13-23(14-12-20)18(24)17-9-5-2-6-10-17/h1,3-4,7-8,17H,2,5-6,9-15H2,(H,22,25). The quantitative estimate of drug-likeness (QED) is 0.910. The van der Waals surface area contributed by atoms with Gasteiger partial charge in [-0.1, -0.05) is 49.6 Å². The smallest absolute Gasteiger partial charge is 0.258 e. The fraction of sp³-hybridized carbons (Fsp3) is 0.600. The lowest BCUT2D eigenvalue weighted by Crippen LogP contribution is -2.53. The van der Waals surface area contributed by atoms with Crippen molar-refractivity contribution in [2.45, 2.75) is 57.2 Å². The van der Waals surface area contributed by atoms with E-state index in [2.05, 4.69) is 5.32 Å². The maximum absolute atomic E-state index is 15.0. The molecule has 136 valence electrons. The van der Waals surface area contributed by atoms with E-state index >= 15 is 0 Å². The first-order chi connectivity index (χ1) is 12.1. The number of carbonyl (C=O) groups excluding carboxylic acids is 2. The molecule has 0 radical (unpaired) electrons. The highest BCUT2D eigenvalue weighted by Crippen LogP contribution is 2.30. The number of amides is 2. The van der Waals surface area contributed by atoms with E-state index in [-0.39, 0.29) is 24.7 Å². The molecule has 1 N–H and O–H groups in total. The Labute approximate surface area is 148 Å². The number of likely N-dealkylation sites (tertiary alicyclic amines) is 1. The van der Waals surface area contributed by atoms with E-state index in [1.165, 1.54) is 6.42 Å². The van der Waals surface area contributed by atoms with Crippen molar-refractivity contribution in [2.75, 3.05) is 13.1 Å². The van der Waals surface area contributed by atoms with Gasteiger partial charge in [-0.15, -0.1) is 0 Å². The van der Waals surface area contributed by atoms with Gasteiger partial charge in [-0.3, -0.25) is 9.59 Å². The van der Waals surface area contributed by atoms with Gasteiger partial charge in [0.15, 0.2) is 5.67 Å². The Kier molecular flexibility index (Phi) is 5.71. The zero-order chi connectivity index (χ0) is 17.7. The van der Waals surface area contributed by atoms with Crippen LogP contribution in [0.5, 0.6) is 0 Å². The van der Waals surface area contributed by atoms with E-state index in [4.69, 9.17) is 0 Å². The molecular formula is C20H27FN2O2. The summed E-state index contributed by atoms with van der Waals surface area (Å²) in [6.07, 6.45) is 5.51. The molecule has 1 heterocycles. The normalized spacial score (nSPS) is 20.9. The molecule has 0 aromatic heterocycles. The van der Waals surface area contributed by atoms with Crippen molar-refractivity contribution in [3.05, 3.63) is 35.9 Å². The Hall–Kier alpha value is -1.91. The van der Waals surface area contributed by atoms with E-state index in [0.717, 1.165) is 31.2 Å². The monoisotopic (exact) mass is 346 g/mol. The number of nitrogens with one attached hydrogen (secondary N) is 1. The molecular weight excluding hydrogens is 319 g/mol. The summed E-state index contributed by atoms with van der Waals surface area (Å²) in [5, 5.41) is 2.70. The molecule has 2 fully saturated rings. The molecule has 2 amide bonds. The Bertz CT molecular complexity index is 591. The molecule has 1 aromatic carbocycles. The van der Waals surface area contributed by atoms with Gasteiger partial charge >= 0.3 is 0 Å². The van der Waals surface area contributed by atoms with Gasteiger partial charge < -0.3 is 10.2 Å². The number of carbonyl (C=O) groups is 2. The van der Waals surface area contributed by atoms with Crippen LogP contribution < -0.4 is 5.32 Å². The van der Waals surface area contributed by atoms with Gasteiger partial charge in [0.25, 0.3) is 5.91 Å². The number of halogens is 1.